The van der Waals surface area contributed by atoms with E-state index in [0.29, 0.717) is 27.1 Å². The zero-order valence-corrected chi connectivity index (χ0v) is 18.1. The van der Waals surface area contributed by atoms with Crippen LogP contribution in [0.2, 0.25) is 15.1 Å². The van der Waals surface area contributed by atoms with E-state index >= 15 is 0 Å². The molecule has 0 unspecified atom stereocenters. The molecule has 0 saturated heterocycles. The van der Waals surface area contributed by atoms with E-state index in [1.165, 1.54) is 6.21 Å². The van der Waals surface area contributed by atoms with Gasteiger partial charge in [0.15, 0.2) is 6.61 Å². The number of carbonyl (C=O) groups excluding carboxylic acids is 2. The van der Waals surface area contributed by atoms with E-state index in [-0.39, 0.29) is 17.2 Å². The van der Waals surface area contributed by atoms with Gasteiger partial charge in [-0.15, -0.1) is 0 Å². The Balaban J connectivity index is 1.49. The summed E-state index contributed by atoms with van der Waals surface area (Å²) in [7, 11) is 0. The van der Waals surface area contributed by atoms with Gasteiger partial charge in [0.1, 0.15) is 16.5 Å². The van der Waals surface area contributed by atoms with Crippen LogP contribution in [0.3, 0.4) is 0 Å². The summed E-state index contributed by atoms with van der Waals surface area (Å²) in [5.41, 5.74) is 3.29. The summed E-state index contributed by atoms with van der Waals surface area (Å²) >= 11 is 17.9. The van der Waals surface area contributed by atoms with E-state index in [9.17, 15) is 9.59 Å². The zero-order valence-electron chi connectivity index (χ0n) is 15.8. The predicted molar refractivity (Wildman–Crippen MR) is 121 cm³/mol. The normalized spacial score (nSPS) is 10.7. The number of esters is 1. The number of nitrogens with one attached hydrogen (secondary N) is 1. The topological polar surface area (TPSA) is 77.0 Å². The van der Waals surface area contributed by atoms with Crippen molar-refractivity contribution < 1.29 is 19.1 Å². The Morgan fingerprint density at radius 2 is 1.61 bits per heavy atom. The second kappa shape index (κ2) is 10.8. The van der Waals surface area contributed by atoms with Gasteiger partial charge in [0.25, 0.3) is 5.91 Å². The van der Waals surface area contributed by atoms with Crippen LogP contribution >= 0.6 is 34.8 Å². The fraction of sp³-hybridized carbons (Fsp3) is 0.0455. The number of benzene rings is 3. The molecule has 0 spiro atoms. The Morgan fingerprint density at radius 3 is 2.35 bits per heavy atom. The van der Waals surface area contributed by atoms with Crippen LogP contribution in [-0.2, 0) is 4.79 Å². The summed E-state index contributed by atoms with van der Waals surface area (Å²) in [6.07, 6.45) is 1.43. The average Bonchev–Trinajstić information content (AvgIpc) is 2.76. The second-order valence-corrected chi connectivity index (χ2v) is 7.26. The quantitative estimate of drug-likeness (QED) is 0.214. The highest BCUT2D eigenvalue weighted by Gasteiger charge is 2.12. The van der Waals surface area contributed by atoms with Gasteiger partial charge in [-0.2, -0.15) is 5.10 Å². The molecule has 1 N–H and O–H groups in total. The minimum absolute atomic E-state index is 0.232. The van der Waals surface area contributed by atoms with Crippen LogP contribution < -0.4 is 14.9 Å². The van der Waals surface area contributed by atoms with Crippen LogP contribution in [0.1, 0.15) is 15.9 Å². The van der Waals surface area contributed by atoms with Crippen molar-refractivity contribution in [3.8, 4) is 11.5 Å². The Hall–Kier alpha value is -3.06. The lowest BCUT2D eigenvalue weighted by Gasteiger charge is -2.07. The molecule has 0 saturated carbocycles. The van der Waals surface area contributed by atoms with Gasteiger partial charge in [0.05, 0.1) is 21.8 Å². The highest BCUT2D eigenvalue weighted by molar-refractivity contribution is 6.42. The number of hydrogen-bond acceptors (Lipinski definition) is 5. The first kappa shape index (κ1) is 22.6. The number of ether oxygens (including phenoxy) is 2. The minimum atomic E-state index is -0.556. The number of amides is 1. The fourth-order valence-corrected chi connectivity index (χ4v) is 2.92. The van der Waals surface area contributed by atoms with E-state index in [1.54, 1.807) is 66.7 Å². The Morgan fingerprint density at radius 1 is 0.903 bits per heavy atom. The number of nitrogens with zero attached hydrogens (tertiary/aromatic N) is 1. The van der Waals surface area contributed by atoms with E-state index in [2.05, 4.69) is 10.5 Å². The first-order chi connectivity index (χ1) is 14.9. The third kappa shape index (κ3) is 6.46. The summed E-state index contributed by atoms with van der Waals surface area (Å²) in [5, 5.41) is 4.73. The molecule has 0 aromatic heterocycles. The molecule has 3 rings (SSSR count). The van der Waals surface area contributed by atoms with Crippen LogP contribution in [0.15, 0.2) is 71.8 Å². The van der Waals surface area contributed by atoms with Crippen LogP contribution in [0.25, 0.3) is 0 Å². The predicted octanol–water partition coefficient (Wildman–Crippen LogP) is 5.40. The van der Waals surface area contributed by atoms with E-state index in [4.69, 9.17) is 44.3 Å². The summed E-state index contributed by atoms with van der Waals surface area (Å²) in [6.45, 7) is -0.283. The monoisotopic (exact) mass is 476 g/mol. The molecule has 0 bridgehead atoms. The highest BCUT2D eigenvalue weighted by Crippen LogP contribution is 2.31. The molecule has 6 nitrogen and oxygen atoms in total. The van der Waals surface area contributed by atoms with Crippen molar-refractivity contribution in [3.63, 3.8) is 0 Å². The molecule has 0 aliphatic heterocycles. The number of rotatable bonds is 7. The van der Waals surface area contributed by atoms with Gasteiger partial charge < -0.3 is 9.47 Å². The highest BCUT2D eigenvalue weighted by atomic mass is 35.5. The zero-order chi connectivity index (χ0) is 22.2. The van der Waals surface area contributed by atoms with Crippen molar-refractivity contribution in [3.05, 3.63) is 92.9 Å². The van der Waals surface area contributed by atoms with Gasteiger partial charge in [-0.1, -0.05) is 53.0 Å². The molecule has 31 heavy (non-hydrogen) atoms. The molecule has 9 heteroatoms. The third-order valence-corrected chi connectivity index (χ3v) is 4.99. The van der Waals surface area contributed by atoms with Gasteiger partial charge in [0, 0.05) is 0 Å². The van der Waals surface area contributed by atoms with Crippen LogP contribution in [0.5, 0.6) is 11.5 Å². The lowest BCUT2D eigenvalue weighted by molar-refractivity contribution is -0.123. The molecule has 0 aliphatic rings. The standard InChI is InChI=1S/C22H15Cl3N2O4/c23-17-5-2-1-4-16(17)22(29)31-15-10-8-14(9-11-15)12-26-27-20(28)13-30-19-7-3-6-18(24)21(19)25/h1-12H,13H2,(H,27,28)/b26-12+. The minimum Gasteiger partial charge on any atom is -0.482 e. The van der Waals surface area contributed by atoms with Crippen molar-refractivity contribution in [1.82, 2.24) is 5.43 Å². The maximum Gasteiger partial charge on any atom is 0.345 e. The molecule has 0 radical (unpaired) electrons. The molecular weight excluding hydrogens is 463 g/mol. The molecule has 0 atom stereocenters. The van der Waals surface area contributed by atoms with Crippen molar-refractivity contribution in [1.29, 1.82) is 0 Å². The third-order valence-electron chi connectivity index (χ3n) is 3.86. The maximum absolute atomic E-state index is 12.2. The molecule has 0 heterocycles. The molecule has 3 aromatic carbocycles. The Bertz CT molecular complexity index is 1120. The Labute approximate surface area is 193 Å². The van der Waals surface area contributed by atoms with Crippen molar-refractivity contribution >= 4 is 52.9 Å². The second-order valence-electron chi connectivity index (χ2n) is 6.07. The summed E-state index contributed by atoms with van der Waals surface area (Å²) < 4.78 is 10.6. The van der Waals surface area contributed by atoms with Gasteiger partial charge in [-0.3, -0.25) is 4.79 Å². The molecular formula is C22H15Cl3N2O4. The first-order valence-corrected chi connectivity index (χ1v) is 10.0. The van der Waals surface area contributed by atoms with Crippen molar-refractivity contribution in [2.45, 2.75) is 0 Å². The number of hydrazone groups is 1. The fourth-order valence-electron chi connectivity index (χ4n) is 2.36. The largest absolute Gasteiger partial charge is 0.482 e. The smallest absolute Gasteiger partial charge is 0.345 e. The maximum atomic E-state index is 12.2. The van der Waals surface area contributed by atoms with Crippen molar-refractivity contribution in [2.75, 3.05) is 6.61 Å². The lowest BCUT2D eigenvalue weighted by atomic mass is 10.2. The lowest BCUT2D eigenvalue weighted by Crippen LogP contribution is -2.24. The van der Waals surface area contributed by atoms with E-state index < -0.39 is 11.9 Å². The SMILES string of the molecule is O=C(COc1cccc(Cl)c1Cl)N/N=C/c1ccc(OC(=O)c2ccccc2Cl)cc1. The van der Waals surface area contributed by atoms with E-state index in [0.717, 1.165) is 0 Å². The molecule has 0 aliphatic carbocycles. The van der Waals surface area contributed by atoms with Gasteiger partial charge >= 0.3 is 5.97 Å². The van der Waals surface area contributed by atoms with Crippen LogP contribution in [0.4, 0.5) is 0 Å². The van der Waals surface area contributed by atoms with Gasteiger partial charge in [-0.25, -0.2) is 10.2 Å². The first-order valence-electron chi connectivity index (χ1n) is 8.89. The Kier molecular flexibility index (Phi) is 7.89. The molecule has 158 valence electrons. The van der Waals surface area contributed by atoms with E-state index in [1.807, 2.05) is 0 Å². The van der Waals surface area contributed by atoms with Gasteiger partial charge in [0.2, 0.25) is 0 Å². The summed E-state index contributed by atoms with van der Waals surface area (Å²) in [4.78, 5) is 24.0. The van der Waals surface area contributed by atoms with Gasteiger partial charge in [-0.05, 0) is 54.1 Å². The number of halogens is 3. The van der Waals surface area contributed by atoms with Crippen molar-refractivity contribution in [2.24, 2.45) is 5.10 Å². The average molecular weight is 478 g/mol. The molecule has 1 amide bonds. The summed E-state index contributed by atoms with van der Waals surface area (Å²) in [6, 6.07) is 18.0. The number of hydrogen-bond donors (Lipinski definition) is 1. The molecule has 3 aromatic rings. The van der Waals surface area contributed by atoms with Crippen LogP contribution in [0, 0.1) is 0 Å². The van der Waals surface area contributed by atoms with Crippen LogP contribution in [-0.4, -0.2) is 24.7 Å². The summed E-state index contributed by atoms with van der Waals surface area (Å²) in [5.74, 6) is -0.384. The molecule has 0 fully saturated rings. The number of carbonyl (C=O) groups is 2.